The molecular formula is C17H39BF4N2O. The first-order chi connectivity index (χ1) is 11.3. The highest BCUT2D eigenvalue weighted by Crippen LogP contribution is 2.11. The molecule has 0 aromatic heterocycles. The fraction of sp³-hybridized carbons (Fsp3) is 1.00. The smallest absolute Gasteiger partial charge is 0.418 e. The highest BCUT2D eigenvalue weighted by atomic mass is 19.5. The van der Waals surface area contributed by atoms with Gasteiger partial charge < -0.3 is 28.2 Å². The number of rotatable bonds is 11. The number of ether oxygens (including phenoxy) is 1. The summed E-state index contributed by atoms with van der Waals surface area (Å²) in [5.74, 6) is 0. The van der Waals surface area contributed by atoms with Crippen LogP contribution in [0, 0.1) is 0 Å². The van der Waals surface area contributed by atoms with Gasteiger partial charge in [0, 0.05) is 13.1 Å². The van der Waals surface area contributed by atoms with E-state index in [4.69, 9.17) is 4.74 Å². The Balaban J connectivity index is 0. The SMILES string of the molecule is CCCCCCCCCCCCN1CCOC(C)C1.F[B-](F)(F)F.[NH4+]. The van der Waals surface area contributed by atoms with Crippen molar-refractivity contribution in [1.29, 1.82) is 0 Å². The molecule has 8 heteroatoms. The van der Waals surface area contributed by atoms with Gasteiger partial charge in [0.1, 0.15) is 0 Å². The number of nitrogens with zero attached hydrogens (tertiary/aromatic N) is 1. The molecule has 1 aliphatic heterocycles. The lowest BCUT2D eigenvalue weighted by Gasteiger charge is -2.30. The predicted octanol–water partition coefficient (Wildman–Crippen LogP) is 6.30. The average molecular weight is 374 g/mol. The lowest BCUT2D eigenvalue weighted by atomic mass is 10.1. The van der Waals surface area contributed by atoms with Crippen LogP contribution < -0.4 is 6.15 Å². The maximum Gasteiger partial charge on any atom is 0.673 e. The second kappa shape index (κ2) is 17.1. The van der Waals surface area contributed by atoms with Crippen LogP contribution in [-0.2, 0) is 4.74 Å². The minimum absolute atomic E-state index is 0. The van der Waals surface area contributed by atoms with E-state index in [0.717, 1.165) is 19.7 Å². The molecule has 0 aromatic carbocycles. The van der Waals surface area contributed by atoms with Crippen molar-refractivity contribution in [1.82, 2.24) is 11.1 Å². The zero-order chi connectivity index (χ0) is 18.3. The van der Waals surface area contributed by atoms with E-state index >= 15 is 0 Å². The van der Waals surface area contributed by atoms with E-state index < -0.39 is 7.25 Å². The van der Waals surface area contributed by atoms with Crippen LogP contribution in [-0.4, -0.2) is 44.5 Å². The van der Waals surface area contributed by atoms with E-state index in [0.29, 0.717) is 6.10 Å². The van der Waals surface area contributed by atoms with E-state index in [2.05, 4.69) is 18.7 Å². The first-order valence-electron chi connectivity index (χ1n) is 9.54. The summed E-state index contributed by atoms with van der Waals surface area (Å²) in [7, 11) is -6.00. The number of hydrogen-bond acceptors (Lipinski definition) is 2. The Morgan fingerprint density at radius 2 is 1.32 bits per heavy atom. The standard InChI is InChI=1S/C17H35NO.BF4.H3N/c1-3-4-5-6-7-8-9-10-11-12-13-18-14-15-19-17(2)16-18;2-1(3,4)5;/h17H,3-16H2,1-2H3;;1H3/q;-1;/p+1. The van der Waals surface area contributed by atoms with E-state index in [-0.39, 0.29) is 6.15 Å². The molecular weight excluding hydrogens is 335 g/mol. The zero-order valence-electron chi connectivity index (χ0n) is 16.4. The van der Waals surface area contributed by atoms with Crippen LogP contribution in [0.4, 0.5) is 17.3 Å². The van der Waals surface area contributed by atoms with Crippen molar-refractivity contribution in [3.63, 3.8) is 0 Å². The molecule has 3 nitrogen and oxygen atoms in total. The molecule has 0 amide bonds. The number of morpholine rings is 1. The van der Waals surface area contributed by atoms with Crippen molar-refractivity contribution in [3.8, 4) is 0 Å². The summed E-state index contributed by atoms with van der Waals surface area (Å²) in [4.78, 5) is 2.57. The largest absolute Gasteiger partial charge is 0.673 e. The molecule has 1 saturated heterocycles. The third kappa shape index (κ3) is 23.7. The van der Waals surface area contributed by atoms with Crippen LogP contribution in [0.3, 0.4) is 0 Å². The fourth-order valence-corrected chi connectivity index (χ4v) is 2.92. The summed E-state index contributed by atoms with van der Waals surface area (Å²) in [6, 6.07) is 0. The molecule has 1 atom stereocenters. The number of hydrogen-bond donors (Lipinski definition) is 1. The van der Waals surface area contributed by atoms with E-state index in [9.17, 15) is 17.3 Å². The lowest BCUT2D eigenvalue weighted by Crippen LogP contribution is -2.41. The number of quaternary nitrogens is 1. The van der Waals surface area contributed by atoms with Gasteiger partial charge in [-0.05, 0) is 19.9 Å². The average Bonchev–Trinajstić information content (AvgIpc) is 2.47. The summed E-state index contributed by atoms with van der Waals surface area (Å²) in [6.45, 7) is 8.96. The van der Waals surface area contributed by atoms with Gasteiger partial charge in [0.15, 0.2) is 0 Å². The topological polar surface area (TPSA) is 49.0 Å². The minimum Gasteiger partial charge on any atom is -0.418 e. The summed E-state index contributed by atoms with van der Waals surface area (Å²) in [5.41, 5.74) is 0. The monoisotopic (exact) mass is 374 g/mol. The second-order valence-corrected chi connectivity index (χ2v) is 6.66. The molecule has 0 aliphatic carbocycles. The Bertz CT molecular complexity index is 278. The van der Waals surface area contributed by atoms with Gasteiger partial charge in [-0.25, -0.2) is 0 Å². The molecule has 154 valence electrons. The molecule has 1 aliphatic rings. The number of halogens is 4. The van der Waals surface area contributed by atoms with Crippen molar-refractivity contribution in [2.24, 2.45) is 0 Å². The van der Waals surface area contributed by atoms with E-state index in [1.165, 1.54) is 70.8 Å². The maximum absolute atomic E-state index is 9.75. The van der Waals surface area contributed by atoms with Crippen molar-refractivity contribution in [3.05, 3.63) is 0 Å². The summed E-state index contributed by atoms with van der Waals surface area (Å²) in [6.07, 6.45) is 14.7. The summed E-state index contributed by atoms with van der Waals surface area (Å²) >= 11 is 0. The Morgan fingerprint density at radius 3 is 1.76 bits per heavy atom. The van der Waals surface area contributed by atoms with Gasteiger partial charge >= 0.3 is 7.25 Å². The van der Waals surface area contributed by atoms with Gasteiger partial charge in [0.25, 0.3) is 0 Å². The van der Waals surface area contributed by atoms with Crippen molar-refractivity contribution in [2.45, 2.75) is 84.2 Å². The van der Waals surface area contributed by atoms with Crippen molar-refractivity contribution < 1.29 is 22.0 Å². The molecule has 4 N–H and O–H groups in total. The molecule has 0 aromatic rings. The van der Waals surface area contributed by atoms with Gasteiger partial charge in [-0.3, -0.25) is 4.90 Å². The Kier molecular flexibility index (Phi) is 18.4. The van der Waals surface area contributed by atoms with Crippen LogP contribution in [0.15, 0.2) is 0 Å². The first-order valence-corrected chi connectivity index (χ1v) is 9.54. The minimum atomic E-state index is -6.00. The normalized spacial score (nSPS) is 18.2. The van der Waals surface area contributed by atoms with E-state index in [1.54, 1.807) is 0 Å². The molecule has 25 heavy (non-hydrogen) atoms. The van der Waals surface area contributed by atoms with Gasteiger partial charge in [-0.2, -0.15) is 0 Å². The zero-order valence-corrected chi connectivity index (χ0v) is 16.4. The molecule has 1 unspecified atom stereocenters. The molecule has 0 spiro atoms. The summed E-state index contributed by atoms with van der Waals surface area (Å²) < 4.78 is 44.6. The quantitative estimate of drug-likeness (QED) is 0.262. The van der Waals surface area contributed by atoms with Crippen LogP contribution in [0.5, 0.6) is 0 Å². The van der Waals surface area contributed by atoms with Crippen LogP contribution in [0.25, 0.3) is 0 Å². The highest BCUT2D eigenvalue weighted by molar-refractivity contribution is 6.50. The third-order valence-electron chi connectivity index (χ3n) is 4.15. The fourth-order valence-electron chi connectivity index (χ4n) is 2.92. The van der Waals surface area contributed by atoms with E-state index in [1.807, 2.05) is 0 Å². The molecule has 0 radical (unpaired) electrons. The van der Waals surface area contributed by atoms with Crippen LogP contribution in [0.2, 0.25) is 0 Å². The van der Waals surface area contributed by atoms with Gasteiger partial charge in [0.05, 0.1) is 12.7 Å². The highest BCUT2D eigenvalue weighted by Gasteiger charge is 2.20. The Labute approximate surface area is 151 Å². The Morgan fingerprint density at radius 1 is 0.880 bits per heavy atom. The molecule has 1 rings (SSSR count). The van der Waals surface area contributed by atoms with Crippen molar-refractivity contribution in [2.75, 3.05) is 26.2 Å². The van der Waals surface area contributed by atoms with Gasteiger partial charge in [-0.15, -0.1) is 0 Å². The van der Waals surface area contributed by atoms with Gasteiger partial charge in [-0.1, -0.05) is 64.7 Å². The molecule has 1 fully saturated rings. The molecule has 0 saturated carbocycles. The van der Waals surface area contributed by atoms with Crippen molar-refractivity contribution >= 4 is 7.25 Å². The predicted molar refractivity (Wildman–Crippen MR) is 99.9 cm³/mol. The maximum atomic E-state index is 9.75. The Hall–Kier alpha value is -0.335. The summed E-state index contributed by atoms with van der Waals surface area (Å²) in [5, 5.41) is 0. The molecule has 1 heterocycles. The third-order valence-corrected chi connectivity index (χ3v) is 4.15. The first kappa shape index (κ1) is 26.9. The van der Waals surface area contributed by atoms with Crippen LogP contribution in [0.1, 0.15) is 78.1 Å². The van der Waals surface area contributed by atoms with Crippen LogP contribution >= 0.6 is 0 Å². The van der Waals surface area contributed by atoms with Gasteiger partial charge in [0.2, 0.25) is 0 Å². The number of unbranched alkanes of at least 4 members (excludes halogenated alkanes) is 9. The lowest BCUT2D eigenvalue weighted by molar-refractivity contribution is -0.0186. The molecule has 0 bridgehead atoms. The second-order valence-electron chi connectivity index (χ2n) is 6.66.